The van der Waals surface area contributed by atoms with Gasteiger partial charge in [-0.3, -0.25) is 9.59 Å². The summed E-state index contributed by atoms with van der Waals surface area (Å²) in [4.78, 5) is 34.0. The summed E-state index contributed by atoms with van der Waals surface area (Å²) < 4.78 is 10.7. The van der Waals surface area contributed by atoms with Crippen LogP contribution in [0.4, 0.5) is 0 Å². The largest absolute Gasteiger partial charge is 0.484 e. The van der Waals surface area contributed by atoms with Crippen molar-refractivity contribution in [2.24, 2.45) is 0 Å². The summed E-state index contributed by atoms with van der Waals surface area (Å²) in [5, 5.41) is 13.0. The number of rotatable bonds is 6. The van der Waals surface area contributed by atoms with Gasteiger partial charge in [-0.15, -0.1) is 0 Å². The lowest BCUT2D eigenvalue weighted by atomic mass is 10.1. The van der Waals surface area contributed by atoms with Gasteiger partial charge < -0.3 is 19.6 Å². The number of ether oxygens (including phenoxy) is 1. The molecule has 0 aliphatic carbocycles. The third-order valence-electron chi connectivity index (χ3n) is 3.62. The van der Waals surface area contributed by atoms with E-state index >= 15 is 0 Å². The first-order chi connectivity index (χ1) is 12.0. The first-order valence-electron chi connectivity index (χ1n) is 7.61. The molecule has 1 aromatic heterocycles. The maximum atomic E-state index is 12.0. The number of carbonyl (C=O) groups is 2. The molecule has 2 N–H and O–H groups in total. The van der Waals surface area contributed by atoms with E-state index < -0.39 is 17.5 Å². The fourth-order valence-electron chi connectivity index (χ4n) is 2.46. The number of carboxylic acids is 1. The van der Waals surface area contributed by atoms with E-state index in [1.807, 2.05) is 12.1 Å². The molecule has 2 aromatic carbocycles. The third kappa shape index (κ3) is 3.77. The van der Waals surface area contributed by atoms with Crippen molar-refractivity contribution in [1.29, 1.82) is 0 Å². The maximum Gasteiger partial charge on any atom is 0.344 e. The molecule has 3 aromatic rings. The van der Waals surface area contributed by atoms with E-state index in [2.05, 4.69) is 5.32 Å². The van der Waals surface area contributed by atoms with Crippen LogP contribution in [-0.2, 0) is 9.59 Å². The van der Waals surface area contributed by atoms with Crippen LogP contribution in [0.2, 0.25) is 0 Å². The Bertz CT molecular complexity index is 1010. The predicted molar refractivity (Wildman–Crippen MR) is 90.7 cm³/mol. The van der Waals surface area contributed by atoms with E-state index in [9.17, 15) is 14.4 Å². The molecule has 7 heteroatoms. The van der Waals surface area contributed by atoms with Crippen LogP contribution in [0.5, 0.6) is 5.75 Å². The topological polar surface area (TPSA) is 106 Å². The number of amides is 1. The van der Waals surface area contributed by atoms with Gasteiger partial charge in [-0.2, -0.15) is 0 Å². The highest BCUT2D eigenvalue weighted by Gasteiger charge is 2.09. The second-order valence-corrected chi connectivity index (χ2v) is 5.38. The lowest BCUT2D eigenvalue weighted by Crippen LogP contribution is -2.30. The summed E-state index contributed by atoms with van der Waals surface area (Å²) in [5.74, 6) is -1.04. The highest BCUT2D eigenvalue weighted by atomic mass is 16.5. The lowest BCUT2D eigenvalue weighted by Gasteiger charge is -2.08. The number of hydrogen-bond acceptors (Lipinski definition) is 5. The van der Waals surface area contributed by atoms with Gasteiger partial charge in [0, 0.05) is 18.0 Å². The molecular formula is C18H15NO6. The second kappa shape index (κ2) is 7.04. The Labute approximate surface area is 141 Å². The summed E-state index contributed by atoms with van der Waals surface area (Å²) >= 11 is 0. The average Bonchev–Trinajstić information content (AvgIpc) is 2.59. The number of fused-ring (bicyclic) bond motifs is 3. The first-order valence-corrected chi connectivity index (χ1v) is 7.61. The van der Waals surface area contributed by atoms with Crippen molar-refractivity contribution in [3.05, 3.63) is 52.9 Å². The van der Waals surface area contributed by atoms with E-state index in [0.29, 0.717) is 16.7 Å². The van der Waals surface area contributed by atoms with Crippen molar-refractivity contribution in [1.82, 2.24) is 5.32 Å². The molecule has 0 atom stereocenters. The van der Waals surface area contributed by atoms with Crippen molar-refractivity contribution in [3.63, 3.8) is 0 Å². The fraction of sp³-hybridized carbons (Fsp3) is 0.167. The van der Waals surface area contributed by atoms with Crippen LogP contribution in [-0.4, -0.2) is 30.1 Å². The minimum absolute atomic E-state index is 0.0378. The van der Waals surface area contributed by atoms with Crippen LogP contribution < -0.4 is 15.7 Å². The van der Waals surface area contributed by atoms with E-state index in [-0.39, 0.29) is 19.6 Å². The van der Waals surface area contributed by atoms with Gasteiger partial charge in [0.2, 0.25) is 0 Å². The molecule has 3 rings (SSSR count). The molecule has 0 saturated carbocycles. The minimum Gasteiger partial charge on any atom is -0.484 e. The number of carbonyl (C=O) groups excluding carboxylic acids is 1. The van der Waals surface area contributed by atoms with Gasteiger partial charge in [-0.25, -0.2) is 4.79 Å². The van der Waals surface area contributed by atoms with Crippen LogP contribution >= 0.6 is 0 Å². The van der Waals surface area contributed by atoms with Crippen LogP contribution in [0.3, 0.4) is 0 Å². The monoisotopic (exact) mass is 341 g/mol. The summed E-state index contributed by atoms with van der Waals surface area (Å²) in [6, 6.07) is 12.1. The Morgan fingerprint density at radius 2 is 1.84 bits per heavy atom. The van der Waals surface area contributed by atoms with Crippen molar-refractivity contribution in [2.45, 2.75) is 6.42 Å². The molecule has 0 saturated heterocycles. The van der Waals surface area contributed by atoms with Gasteiger partial charge in [0.05, 0.1) is 11.8 Å². The normalized spacial score (nSPS) is 10.7. The Morgan fingerprint density at radius 1 is 1.08 bits per heavy atom. The zero-order valence-corrected chi connectivity index (χ0v) is 13.2. The molecule has 0 spiro atoms. The van der Waals surface area contributed by atoms with Crippen molar-refractivity contribution in [3.8, 4) is 5.75 Å². The SMILES string of the molecule is O=C(O)CCNC(=O)COc1ccc2c(c1)oc(=O)c1ccccc12. The van der Waals surface area contributed by atoms with E-state index in [0.717, 1.165) is 10.8 Å². The third-order valence-corrected chi connectivity index (χ3v) is 3.62. The molecule has 0 aliphatic rings. The highest BCUT2D eigenvalue weighted by Crippen LogP contribution is 2.26. The Kier molecular flexibility index (Phi) is 4.65. The molecule has 0 fully saturated rings. The minimum atomic E-state index is -0.988. The van der Waals surface area contributed by atoms with E-state index in [1.54, 1.807) is 30.3 Å². The van der Waals surface area contributed by atoms with Crippen molar-refractivity contribution < 1.29 is 23.8 Å². The molecule has 1 heterocycles. The van der Waals surface area contributed by atoms with Crippen molar-refractivity contribution >= 4 is 33.6 Å². The molecule has 0 radical (unpaired) electrons. The van der Waals surface area contributed by atoms with Crippen LogP contribution in [0.15, 0.2) is 51.7 Å². The highest BCUT2D eigenvalue weighted by molar-refractivity contribution is 6.04. The predicted octanol–water partition coefficient (Wildman–Crippen LogP) is 1.92. The number of benzene rings is 2. The van der Waals surface area contributed by atoms with Crippen molar-refractivity contribution in [2.75, 3.05) is 13.2 Å². The molecule has 7 nitrogen and oxygen atoms in total. The number of hydrogen-bond donors (Lipinski definition) is 2. The zero-order chi connectivity index (χ0) is 17.8. The van der Waals surface area contributed by atoms with E-state index in [4.69, 9.17) is 14.3 Å². The lowest BCUT2D eigenvalue weighted by molar-refractivity contribution is -0.137. The summed E-state index contributed by atoms with van der Waals surface area (Å²) in [6.07, 6.45) is -0.153. The number of carboxylic acid groups (broad SMARTS) is 1. The van der Waals surface area contributed by atoms with Crippen LogP contribution in [0, 0.1) is 0 Å². The summed E-state index contributed by atoms with van der Waals surface area (Å²) in [6.45, 7) is -0.223. The van der Waals surface area contributed by atoms with Gasteiger partial charge in [-0.05, 0) is 23.6 Å². The molecule has 0 aliphatic heterocycles. The molecule has 1 amide bonds. The van der Waals surface area contributed by atoms with Gasteiger partial charge >= 0.3 is 11.6 Å². The average molecular weight is 341 g/mol. The Hall–Kier alpha value is -3.35. The Balaban J connectivity index is 1.76. The molecule has 128 valence electrons. The molecule has 0 bridgehead atoms. The van der Waals surface area contributed by atoms with E-state index in [1.165, 1.54) is 0 Å². The van der Waals surface area contributed by atoms with Crippen LogP contribution in [0.25, 0.3) is 21.7 Å². The molecular weight excluding hydrogens is 326 g/mol. The van der Waals surface area contributed by atoms with Gasteiger partial charge in [0.15, 0.2) is 6.61 Å². The quantitative estimate of drug-likeness (QED) is 0.524. The maximum absolute atomic E-state index is 12.0. The molecule has 25 heavy (non-hydrogen) atoms. The van der Waals surface area contributed by atoms with Crippen LogP contribution in [0.1, 0.15) is 6.42 Å². The molecule has 0 unspecified atom stereocenters. The number of nitrogens with one attached hydrogen (secondary N) is 1. The summed E-state index contributed by atoms with van der Waals surface area (Å²) in [7, 11) is 0. The first kappa shape index (κ1) is 16.5. The van der Waals surface area contributed by atoms with Gasteiger partial charge in [-0.1, -0.05) is 18.2 Å². The summed E-state index contributed by atoms with van der Waals surface area (Å²) in [5.41, 5.74) is -0.0702. The Morgan fingerprint density at radius 3 is 2.60 bits per heavy atom. The van der Waals surface area contributed by atoms with Gasteiger partial charge in [0.1, 0.15) is 11.3 Å². The van der Waals surface area contributed by atoms with Gasteiger partial charge in [0.25, 0.3) is 5.91 Å². The fourth-order valence-corrected chi connectivity index (χ4v) is 2.46. The number of aliphatic carboxylic acids is 1. The standard InChI is InChI=1S/C18H15NO6/c20-16(19-8-7-17(21)22)10-24-11-5-6-13-12-3-1-2-4-14(12)18(23)25-15(13)9-11/h1-6,9H,7-8,10H2,(H,19,20)(H,21,22). The zero-order valence-electron chi connectivity index (χ0n) is 13.2. The smallest absolute Gasteiger partial charge is 0.344 e. The second-order valence-electron chi connectivity index (χ2n) is 5.38.